The average Bonchev–Trinajstić information content (AvgIpc) is 2.27. The van der Waals surface area contributed by atoms with Gasteiger partial charge < -0.3 is 0 Å². The van der Waals surface area contributed by atoms with Gasteiger partial charge in [0, 0.05) is 4.90 Å². The van der Waals surface area contributed by atoms with Crippen molar-refractivity contribution in [3.05, 3.63) is 29.8 Å². The number of hydrogen-bond acceptors (Lipinski definition) is 3. The standard InChI is InChI=1S/C10H10F3NO2S/c1-17-8-5-3-2-4-7(8)9(15)14-16-6-10(11,12)13/h2-5H,6H2,1H3,(H,14,15). The average molecular weight is 265 g/mol. The molecule has 0 spiro atoms. The number of carbonyl (C=O) groups excluding carboxylic acids is 1. The molecule has 17 heavy (non-hydrogen) atoms. The fourth-order valence-electron chi connectivity index (χ4n) is 1.07. The molecule has 0 aromatic heterocycles. The Morgan fingerprint density at radius 2 is 2.06 bits per heavy atom. The van der Waals surface area contributed by atoms with Crippen molar-refractivity contribution < 1.29 is 22.8 Å². The van der Waals surface area contributed by atoms with Gasteiger partial charge in [-0.2, -0.15) is 13.2 Å². The maximum absolute atomic E-state index is 11.8. The molecule has 0 saturated carbocycles. The lowest BCUT2D eigenvalue weighted by atomic mass is 10.2. The lowest BCUT2D eigenvalue weighted by Crippen LogP contribution is -2.29. The summed E-state index contributed by atoms with van der Waals surface area (Å²) < 4.78 is 35.3. The van der Waals surface area contributed by atoms with Crippen molar-refractivity contribution in [1.29, 1.82) is 0 Å². The van der Waals surface area contributed by atoms with Crippen LogP contribution in [0.5, 0.6) is 0 Å². The van der Waals surface area contributed by atoms with Gasteiger partial charge in [-0.1, -0.05) is 12.1 Å². The first-order chi connectivity index (χ1) is 7.94. The van der Waals surface area contributed by atoms with E-state index in [1.807, 2.05) is 0 Å². The monoisotopic (exact) mass is 265 g/mol. The molecule has 0 radical (unpaired) electrons. The highest BCUT2D eigenvalue weighted by Crippen LogP contribution is 2.19. The summed E-state index contributed by atoms with van der Waals surface area (Å²) in [5, 5.41) is 0. The molecule has 7 heteroatoms. The molecule has 0 unspecified atom stereocenters. The summed E-state index contributed by atoms with van der Waals surface area (Å²) in [6.45, 7) is -1.51. The number of hydroxylamine groups is 1. The molecule has 0 fully saturated rings. The maximum Gasteiger partial charge on any atom is 0.414 e. The van der Waals surface area contributed by atoms with Crippen molar-refractivity contribution in [2.75, 3.05) is 12.9 Å². The van der Waals surface area contributed by atoms with Crippen LogP contribution in [0.2, 0.25) is 0 Å². The molecule has 1 amide bonds. The van der Waals surface area contributed by atoms with Gasteiger partial charge in [0.05, 0.1) is 5.56 Å². The summed E-state index contributed by atoms with van der Waals surface area (Å²) in [4.78, 5) is 16.2. The molecular weight excluding hydrogens is 255 g/mol. The largest absolute Gasteiger partial charge is 0.414 e. The normalized spacial score (nSPS) is 11.3. The molecule has 1 aromatic rings. The van der Waals surface area contributed by atoms with Crippen LogP contribution in [-0.4, -0.2) is 24.9 Å². The van der Waals surface area contributed by atoms with E-state index in [9.17, 15) is 18.0 Å². The minimum absolute atomic E-state index is 0.280. The molecule has 0 aliphatic heterocycles. The van der Waals surface area contributed by atoms with Crippen LogP contribution < -0.4 is 5.48 Å². The Balaban J connectivity index is 2.58. The number of nitrogens with one attached hydrogen (secondary N) is 1. The third-order valence-corrected chi connectivity index (χ3v) is 2.55. The Labute approximate surface area is 100 Å². The minimum atomic E-state index is -4.47. The molecular formula is C10H10F3NO2S. The highest BCUT2D eigenvalue weighted by atomic mass is 32.2. The zero-order chi connectivity index (χ0) is 12.9. The van der Waals surface area contributed by atoms with Crippen molar-refractivity contribution in [2.45, 2.75) is 11.1 Å². The van der Waals surface area contributed by atoms with Gasteiger partial charge in [0.15, 0.2) is 6.61 Å². The fraction of sp³-hybridized carbons (Fsp3) is 0.300. The van der Waals surface area contributed by atoms with Gasteiger partial charge in [-0.05, 0) is 18.4 Å². The molecule has 0 aliphatic carbocycles. The second-order valence-corrected chi connectivity index (χ2v) is 3.88. The molecule has 0 heterocycles. The summed E-state index contributed by atoms with van der Waals surface area (Å²) in [6, 6.07) is 6.57. The smallest absolute Gasteiger partial charge is 0.267 e. The van der Waals surface area contributed by atoms with E-state index >= 15 is 0 Å². The lowest BCUT2D eigenvalue weighted by Gasteiger charge is -2.10. The summed E-state index contributed by atoms with van der Waals surface area (Å²) in [7, 11) is 0. The van der Waals surface area contributed by atoms with Gasteiger partial charge in [0.25, 0.3) is 5.91 Å². The number of carbonyl (C=O) groups is 1. The number of rotatable bonds is 4. The van der Waals surface area contributed by atoms with Crippen molar-refractivity contribution in [3.8, 4) is 0 Å². The number of benzene rings is 1. The zero-order valence-electron chi connectivity index (χ0n) is 8.88. The summed E-state index contributed by atoms with van der Waals surface area (Å²) >= 11 is 1.32. The Morgan fingerprint density at radius 3 is 2.65 bits per heavy atom. The van der Waals surface area contributed by atoms with Crippen LogP contribution in [0.15, 0.2) is 29.2 Å². The third kappa shape index (κ3) is 4.66. The second kappa shape index (κ2) is 5.92. The summed E-state index contributed by atoms with van der Waals surface area (Å²) in [5.74, 6) is -0.695. The molecule has 1 rings (SSSR count). The third-order valence-electron chi connectivity index (χ3n) is 1.75. The topological polar surface area (TPSA) is 38.3 Å². The minimum Gasteiger partial charge on any atom is -0.267 e. The predicted molar refractivity (Wildman–Crippen MR) is 57.7 cm³/mol. The summed E-state index contributed by atoms with van der Waals surface area (Å²) in [5.41, 5.74) is 2.04. The van der Waals surface area contributed by atoms with Gasteiger partial charge >= 0.3 is 6.18 Å². The first-order valence-electron chi connectivity index (χ1n) is 4.56. The van der Waals surface area contributed by atoms with Crippen molar-refractivity contribution in [1.82, 2.24) is 5.48 Å². The Morgan fingerprint density at radius 1 is 1.41 bits per heavy atom. The van der Waals surface area contributed by atoms with Crippen LogP contribution in [0, 0.1) is 0 Å². The van der Waals surface area contributed by atoms with Gasteiger partial charge in [0.1, 0.15) is 0 Å². The first kappa shape index (κ1) is 13.9. The molecule has 0 aliphatic rings. The predicted octanol–water partition coefficient (Wildman–Crippen LogP) is 2.63. The number of amides is 1. The summed E-state index contributed by atoms with van der Waals surface area (Å²) in [6.07, 6.45) is -2.70. The van der Waals surface area contributed by atoms with Crippen molar-refractivity contribution in [3.63, 3.8) is 0 Å². The van der Waals surface area contributed by atoms with Crippen molar-refractivity contribution in [2.24, 2.45) is 0 Å². The Kier molecular flexibility index (Phi) is 4.83. The van der Waals surface area contributed by atoms with E-state index in [-0.39, 0.29) is 5.56 Å². The molecule has 3 nitrogen and oxygen atoms in total. The number of alkyl halides is 3. The van der Waals surface area contributed by atoms with Crippen LogP contribution in [0.4, 0.5) is 13.2 Å². The van der Waals surface area contributed by atoms with E-state index in [2.05, 4.69) is 4.84 Å². The second-order valence-electron chi connectivity index (χ2n) is 3.04. The SMILES string of the molecule is CSc1ccccc1C(=O)NOCC(F)(F)F. The van der Waals surface area contributed by atoms with Gasteiger partial charge in [-0.3, -0.25) is 9.63 Å². The number of halogens is 3. The number of thioether (sulfide) groups is 1. The first-order valence-corrected chi connectivity index (χ1v) is 5.78. The molecule has 0 bridgehead atoms. The molecule has 0 atom stereocenters. The molecule has 0 saturated heterocycles. The van der Waals surface area contributed by atoms with Gasteiger partial charge in [0.2, 0.25) is 0 Å². The molecule has 1 aromatic carbocycles. The number of hydrogen-bond donors (Lipinski definition) is 1. The molecule has 1 N–H and O–H groups in total. The van der Waals surface area contributed by atoms with E-state index in [1.165, 1.54) is 17.8 Å². The zero-order valence-corrected chi connectivity index (χ0v) is 9.69. The lowest BCUT2D eigenvalue weighted by molar-refractivity contribution is -0.184. The van der Waals surface area contributed by atoms with Crippen LogP contribution in [-0.2, 0) is 4.84 Å². The maximum atomic E-state index is 11.8. The van der Waals surface area contributed by atoms with E-state index < -0.39 is 18.7 Å². The fourth-order valence-corrected chi connectivity index (χ4v) is 1.67. The quantitative estimate of drug-likeness (QED) is 0.672. The van der Waals surface area contributed by atoms with E-state index in [0.29, 0.717) is 4.90 Å². The highest BCUT2D eigenvalue weighted by Gasteiger charge is 2.28. The van der Waals surface area contributed by atoms with Crippen LogP contribution in [0.3, 0.4) is 0 Å². The molecule has 94 valence electrons. The Hall–Kier alpha value is -1.21. The Bertz CT molecular complexity index is 395. The van der Waals surface area contributed by atoms with Crippen molar-refractivity contribution >= 4 is 17.7 Å². The van der Waals surface area contributed by atoms with E-state index in [4.69, 9.17) is 0 Å². The highest BCUT2D eigenvalue weighted by molar-refractivity contribution is 7.98. The van der Waals surface area contributed by atoms with Crippen LogP contribution in [0.1, 0.15) is 10.4 Å². The van der Waals surface area contributed by atoms with E-state index in [0.717, 1.165) is 0 Å². The van der Waals surface area contributed by atoms with Gasteiger partial charge in [-0.25, -0.2) is 5.48 Å². The van der Waals surface area contributed by atoms with Crippen LogP contribution in [0.25, 0.3) is 0 Å². The van der Waals surface area contributed by atoms with Gasteiger partial charge in [-0.15, -0.1) is 11.8 Å². The van der Waals surface area contributed by atoms with Crippen LogP contribution >= 0.6 is 11.8 Å². The van der Waals surface area contributed by atoms with E-state index in [1.54, 1.807) is 29.9 Å².